The number of nitrogens with zero attached hydrogens (tertiary/aromatic N) is 5. The van der Waals surface area contributed by atoms with E-state index in [4.69, 9.17) is 9.97 Å². The van der Waals surface area contributed by atoms with Gasteiger partial charge in [0, 0.05) is 60.6 Å². The molecule has 4 aromatic heterocycles. The summed E-state index contributed by atoms with van der Waals surface area (Å²) < 4.78 is 0. The molecule has 5 heterocycles. The Labute approximate surface area is 211 Å². The van der Waals surface area contributed by atoms with E-state index in [1.807, 2.05) is 53.4 Å². The average molecular weight is 498 g/mol. The summed E-state index contributed by atoms with van der Waals surface area (Å²) in [7, 11) is 0. The highest BCUT2D eigenvalue weighted by Crippen LogP contribution is 2.27. The van der Waals surface area contributed by atoms with E-state index in [0.717, 1.165) is 52.6 Å². The molecule has 8 heteroatoms. The molecule has 0 bridgehead atoms. The summed E-state index contributed by atoms with van der Waals surface area (Å²) in [6, 6.07) is 17.6. The lowest BCUT2D eigenvalue weighted by molar-refractivity contribution is 0.0629. The highest BCUT2D eigenvalue weighted by atomic mass is 32.1. The van der Waals surface area contributed by atoms with Crippen LogP contribution in [0.1, 0.15) is 16.1 Å². The zero-order chi connectivity index (χ0) is 23.6. The van der Waals surface area contributed by atoms with Crippen LogP contribution in [0.4, 0.5) is 0 Å². The summed E-state index contributed by atoms with van der Waals surface area (Å²) in [6.07, 6.45) is 1.75. The van der Waals surface area contributed by atoms with Crippen LogP contribution in [0.2, 0.25) is 0 Å². The van der Waals surface area contributed by atoms with Gasteiger partial charge in [0.05, 0.1) is 28.2 Å². The van der Waals surface area contributed by atoms with Gasteiger partial charge in [0.25, 0.3) is 5.91 Å². The number of amides is 1. The SMILES string of the molecule is O=C(c1cc(-c2ccccn2)nc2ccccc12)N1CCN(Cc2csc(-c3ccsc3)n2)CC1. The summed E-state index contributed by atoms with van der Waals surface area (Å²) in [6.45, 7) is 3.84. The Morgan fingerprint density at radius 1 is 0.914 bits per heavy atom. The van der Waals surface area contributed by atoms with Crippen molar-refractivity contribution in [2.75, 3.05) is 26.2 Å². The van der Waals surface area contributed by atoms with Gasteiger partial charge in [-0.1, -0.05) is 24.3 Å². The van der Waals surface area contributed by atoms with Gasteiger partial charge in [0.2, 0.25) is 0 Å². The summed E-state index contributed by atoms with van der Waals surface area (Å²) in [4.78, 5) is 32.0. The quantitative estimate of drug-likeness (QED) is 0.324. The van der Waals surface area contributed by atoms with Crippen LogP contribution >= 0.6 is 22.7 Å². The van der Waals surface area contributed by atoms with Gasteiger partial charge in [0.15, 0.2) is 0 Å². The van der Waals surface area contributed by atoms with Crippen LogP contribution in [0, 0.1) is 0 Å². The predicted octanol–water partition coefficient (Wildman–Crippen LogP) is 5.44. The molecule has 0 radical (unpaired) electrons. The molecular weight excluding hydrogens is 474 g/mol. The van der Waals surface area contributed by atoms with E-state index in [-0.39, 0.29) is 5.91 Å². The van der Waals surface area contributed by atoms with Crippen molar-refractivity contribution in [2.45, 2.75) is 6.54 Å². The van der Waals surface area contributed by atoms with Crippen molar-refractivity contribution in [1.29, 1.82) is 0 Å². The predicted molar refractivity (Wildman–Crippen MR) is 142 cm³/mol. The number of rotatable bonds is 5. The number of hydrogen-bond donors (Lipinski definition) is 0. The van der Waals surface area contributed by atoms with Gasteiger partial charge >= 0.3 is 0 Å². The second-order valence-corrected chi connectivity index (χ2v) is 10.1. The molecule has 1 saturated heterocycles. The standard InChI is InChI=1S/C27H23N5OS2/c33-27(22-15-25(24-7-3-4-9-28-24)30-23-6-2-1-5-21(22)23)32-12-10-31(11-13-32)16-20-18-35-26(29-20)19-8-14-34-17-19/h1-9,14-15,17-18H,10-13,16H2. The number of benzene rings is 1. The van der Waals surface area contributed by atoms with E-state index in [0.29, 0.717) is 18.7 Å². The number of pyridine rings is 2. The van der Waals surface area contributed by atoms with Gasteiger partial charge in [-0.3, -0.25) is 14.7 Å². The zero-order valence-corrected chi connectivity index (χ0v) is 20.6. The van der Waals surface area contributed by atoms with Crippen LogP contribution in [0.3, 0.4) is 0 Å². The van der Waals surface area contributed by atoms with Gasteiger partial charge in [-0.2, -0.15) is 11.3 Å². The fourth-order valence-electron chi connectivity index (χ4n) is 4.40. The Bertz CT molecular complexity index is 1460. The van der Waals surface area contributed by atoms with Crippen LogP contribution in [0.15, 0.2) is 76.9 Å². The topological polar surface area (TPSA) is 62.2 Å². The van der Waals surface area contributed by atoms with E-state index in [1.54, 1.807) is 28.9 Å². The van der Waals surface area contributed by atoms with Gasteiger partial charge in [-0.25, -0.2) is 9.97 Å². The fourth-order valence-corrected chi connectivity index (χ4v) is 5.93. The van der Waals surface area contributed by atoms with Crippen LogP contribution in [0.25, 0.3) is 32.9 Å². The molecule has 0 unspecified atom stereocenters. The Morgan fingerprint density at radius 3 is 2.57 bits per heavy atom. The van der Waals surface area contributed by atoms with Crippen LogP contribution < -0.4 is 0 Å². The number of hydrogen-bond acceptors (Lipinski definition) is 7. The number of carbonyl (C=O) groups is 1. The number of thiophene rings is 1. The third-order valence-corrected chi connectivity index (χ3v) is 7.86. The monoisotopic (exact) mass is 497 g/mol. The minimum Gasteiger partial charge on any atom is -0.336 e. The van der Waals surface area contributed by atoms with E-state index >= 15 is 0 Å². The molecule has 1 aromatic carbocycles. The lowest BCUT2D eigenvalue weighted by atomic mass is 10.0. The van der Waals surface area contributed by atoms with Crippen molar-refractivity contribution < 1.29 is 4.79 Å². The molecule has 35 heavy (non-hydrogen) atoms. The molecule has 1 aliphatic rings. The molecule has 0 atom stereocenters. The van der Waals surface area contributed by atoms with E-state index in [1.165, 1.54) is 5.56 Å². The first-order valence-corrected chi connectivity index (χ1v) is 13.4. The summed E-state index contributed by atoms with van der Waals surface area (Å²) in [5, 5.41) is 8.31. The Morgan fingerprint density at radius 2 is 1.77 bits per heavy atom. The van der Waals surface area contributed by atoms with Gasteiger partial charge in [0.1, 0.15) is 5.01 Å². The number of piperazine rings is 1. The molecule has 5 aromatic rings. The van der Waals surface area contributed by atoms with E-state index in [9.17, 15) is 4.79 Å². The van der Waals surface area contributed by atoms with Gasteiger partial charge in [-0.05, 0) is 35.7 Å². The van der Waals surface area contributed by atoms with Crippen molar-refractivity contribution in [3.05, 3.63) is 88.2 Å². The van der Waals surface area contributed by atoms with E-state index < -0.39 is 0 Å². The molecule has 1 fully saturated rings. The van der Waals surface area contributed by atoms with Crippen molar-refractivity contribution in [1.82, 2.24) is 24.8 Å². The molecule has 174 valence electrons. The van der Waals surface area contributed by atoms with Crippen LogP contribution in [-0.4, -0.2) is 56.8 Å². The van der Waals surface area contributed by atoms with Crippen molar-refractivity contribution in [3.63, 3.8) is 0 Å². The van der Waals surface area contributed by atoms with Gasteiger partial charge < -0.3 is 4.90 Å². The Hall–Kier alpha value is -3.46. The highest BCUT2D eigenvalue weighted by molar-refractivity contribution is 7.14. The maximum Gasteiger partial charge on any atom is 0.254 e. The van der Waals surface area contributed by atoms with Crippen LogP contribution in [0.5, 0.6) is 0 Å². The number of carbonyl (C=O) groups excluding carboxylic acids is 1. The first-order chi connectivity index (χ1) is 17.2. The number of aromatic nitrogens is 3. The molecule has 0 N–H and O–H groups in total. The first kappa shape index (κ1) is 22.0. The van der Waals surface area contributed by atoms with E-state index in [2.05, 4.69) is 32.1 Å². The molecule has 0 saturated carbocycles. The Balaban J connectivity index is 1.18. The lowest BCUT2D eigenvalue weighted by Gasteiger charge is -2.34. The van der Waals surface area contributed by atoms with Crippen LogP contribution in [-0.2, 0) is 6.54 Å². The van der Waals surface area contributed by atoms with Crippen molar-refractivity contribution >= 4 is 39.5 Å². The number of para-hydroxylation sites is 1. The number of fused-ring (bicyclic) bond motifs is 1. The minimum absolute atomic E-state index is 0.0498. The molecular formula is C27H23N5OS2. The smallest absolute Gasteiger partial charge is 0.254 e. The zero-order valence-electron chi connectivity index (χ0n) is 19.0. The molecule has 0 spiro atoms. The highest BCUT2D eigenvalue weighted by Gasteiger charge is 2.25. The fraction of sp³-hybridized carbons (Fsp3) is 0.185. The normalized spacial score (nSPS) is 14.5. The minimum atomic E-state index is 0.0498. The summed E-state index contributed by atoms with van der Waals surface area (Å²) in [5.74, 6) is 0.0498. The molecule has 1 amide bonds. The maximum atomic E-state index is 13.6. The average Bonchev–Trinajstić information content (AvgIpc) is 3.61. The maximum absolute atomic E-state index is 13.6. The third kappa shape index (κ3) is 4.60. The summed E-state index contributed by atoms with van der Waals surface area (Å²) >= 11 is 3.38. The third-order valence-electron chi connectivity index (χ3n) is 6.24. The molecule has 6 rings (SSSR count). The molecule has 0 aliphatic carbocycles. The Kier molecular flexibility index (Phi) is 6.08. The molecule has 6 nitrogen and oxygen atoms in total. The van der Waals surface area contributed by atoms with Crippen molar-refractivity contribution in [3.8, 4) is 22.0 Å². The largest absolute Gasteiger partial charge is 0.336 e. The lowest BCUT2D eigenvalue weighted by Crippen LogP contribution is -2.48. The van der Waals surface area contributed by atoms with Crippen molar-refractivity contribution in [2.24, 2.45) is 0 Å². The summed E-state index contributed by atoms with van der Waals surface area (Å²) in [5.41, 5.74) is 5.26. The second-order valence-electron chi connectivity index (χ2n) is 8.51. The second kappa shape index (κ2) is 9.65. The molecule has 1 aliphatic heterocycles. The van der Waals surface area contributed by atoms with Gasteiger partial charge in [-0.15, -0.1) is 11.3 Å². The number of thiazole rings is 1. The first-order valence-electron chi connectivity index (χ1n) is 11.5.